The van der Waals surface area contributed by atoms with E-state index in [4.69, 9.17) is 0 Å². The monoisotopic (exact) mass is 397 g/mol. The summed E-state index contributed by atoms with van der Waals surface area (Å²) in [6.45, 7) is 0. The van der Waals surface area contributed by atoms with Crippen molar-refractivity contribution in [1.82, 2.24) is 0 Å². The van der Waals surface area contributed by atoms with Gasteiger partial charge in [0.1, 0.15) is 5.82 Å². The Morgan fingerprint density at radius 2 is 1.67 bits per heavy atom. The Morgan fingerprint density at radius 3 is 2.33 bits per heavy atom. The predicted molar refractivity (Wildman–Crippen MR) is 87.8 cm³/mol. The van der Waals surface area contributed by atoms with Crippen molar-refractivity contribution in [1.29, 1.82) is 0 Å². The Balaban J connectivity index is 1.88. The summed E-state index contributed by atoms with van der Waals surface area (Å²) in [6.07, 6.45) is 0.196. The average Bonchev–Trinajstić information content (AvgIpc) is 2.48. The van der Waals surface area contributed by atoms with Crippen molar-refractivity contribution in [2.75, 3.05) is 5.32 Å². The molecule has 1 amide bonds. The van der Waals surface area contributed by atoms with E-state index in [2.05, 4.69) is 27.9 Å². The molecule has 0 heterocycles. The Labute approximate surface area is 135 Å². The molecule has 0 aliphatic heterocycles. The van der Waals surface area contributed by atoms with Gasteiger partial charge in [0.2, 0.25) is 5.91 Å². The van der Waals surface area contributed by atoms with E-state index in [9.17, 15) is 14.0 Å². The summed E-state index contributed by atoms with van der Waals surface area (Å²) >= 11 is 2.13. The second-order valence-electron chi connectivity index (χ2n) is 4.46. The number of carbonyl (C=O) groups excluding carboxylic acids is 2. The quantitative estimate of drug-likeness (QED) is 0.612. The number of halogens is 2. The smallest absolute Gasteiger partial charge is 0.224 e. The minimum absolute atomic E-state index is 0.0981. The van der Waals surface area contributed by atoms with Crippen LogP contribution < -0.4 is 5.32 Å². The van der Waals surface area contributed by atoms with Crippen molar-refractivity contribution in [2.45, 2.75) is 12.8 Å². The lowest BCUT2D eigenvalue weighted by molar-refractivity contribution is -0.116. The molecule has 3 nitrogen and oxygen atoms in total. The van der Waals surface area contributed by atoms with Gasteiger partial charge in [-0.15, -0.1) is 0 Å². The third-order valence-electron chi connectivity index (χ3n) is 2.89. The van der Waals surface area contributed by atoms with Gasteiger partial charge < -0.3 is 5.32 Å². The normalized spacial score (nSPS) is 10.2. The summed E-state index contributed by atoms with van der Waals surface area (Å²) in [4.78, 5) is 23.7. The summed E-state index contributed by atoms with van der Waals surface area (Å²) in [6, 6.07) is 12.7. The molecule has 1 N–H and O–H groups in total. The topological polar surface area (TPSA) is 46.2 Å². The van der Waals surface area contributed by atoms with Gasteiger partial charge in [0.05, 0.1) is 5.69 Å². The van der Waals surface area contributed by atoms with Gasteiger partial charge in [-0.1, -0.05) is 12.1 Å². The molecule has 2 aromatic rings. The first-order valence-corrected chi connectivity index (χ1v) is 7.47. The molecule has 0 aromatic heterocycles. The molecular formula is C16H13FINO2. The lowest BCUT2D eigenvalue weighted by Gasteiger charge is -2.07. The largest absolute Gasteiger partial charge is 0.325 e. The lowest BCUT2D eigenvalue weighted by atomic mass is 10.1. The summed E-state index contributed by atoms with van der Waals surface area (Å²) in [7, 11) is 0. The molecule has 0 aliphatic rings. The number of benzene rings is 2. The van der Waals surface area contributed by atoms with E-state index in [1.54, 1.807) is 0 Å². The number of hydrogen-bond acceptors (Lipinski definition) is 2. The Hall–Kier alpha value is -1.76. The molecule has 5 heteroatoms. The van der Waals surface area contributed by atoms with Crippen LogP contribution in [0.2, 0.25) is 0 Å². The van der Waals surface area contributed by atoms with Gasteiger partial charge >= 0.3 is 0 Å². The van der Waals surface area contributed by atoms with E-state index >= 15 is 0 Å². The van der Waals surface area contributed by atoms with Crippen molar-refractivity contribution in [2.24, 2.45) is 0 Å². The summed E-state index contributed by atoms with van der Waals surface area (Å²) in [5.41, 5.74) is 1.15. The molecular weight excluding hydrogens is 384 g/mol. The number of para-hydroxylation sites is 1. The first-order valence-electron chi connectivity index (χ1n) is 6.39. The van der Waals surface area contributed by atoms with Gasteiger partial charge in [-0.2, -0.15) is 0 Å². The minimum atomic E-state index is -0.386. The molecule has 0 fully saturated rings. The number of rotatable bonds is 5. The van der Waals surface area contributed by atoms with Gasteiger partial charge in [0.25, 0.3) is 0 Å². The third-order valence-corrected chi connectivity index (χ3v) is 3.83. The highest BCUT2D eigenvalue weighted by Crippen LogP contribution is 2.17. The number of amides is 1. The molecule has 21 heavy (non-hydrogen) atoms. The molecule has 0 saturated carbocycles. The van der Waals surface area contributed by atoms with Crippen molar-refractivity contribution >= 4 is 40.0 Å². The number of Topliss-reactive ketones (excluding diaryl/α,β-unsaturated/α-hetero) is 1. The average molecular weight is 397 g/mol. The fourth-order valence-electron chi connectivity index (χ4n) is 1.78. The molecule has 0 radical (unpaired) electrons. The van der Waals surface area contributed by atoms with E-state index in [0.29, 0.717) is 5.56 Å². The summed E-state index contributed by atoms with van der Waals surface area (Å²) < 4.78 is 13.7. The van der Waals surface area contributed by atoms with Crippen LogP contribution in [0.3, 0.4) is 0 Å². The second kappa shape index (κ2) is 7.31. The van der Waals surface area contributed by atoms with E-state index < -0.39 is 0 Å². The SMILES string of the molecule is O=C(CCC(=O)c1ccc(F)cc1)Nc1ccccc1I. The zero-order chi connectivity index (χ0) is 15.2. The maximum absolute atomic E-state index is 12.8. The second-order valence-corrected chi connectivity index (χ2v) is 5.62. The van der Waals surface area contributed by atoms with Gasteiger partial charge in [-0.3, -0.25) is 9.59 Å². The van der Waals surface area contributed by atoms with Crippen molar-refractivity contribution < 1.29 is 14.0 Å². The predicted octanol–water partition coefficient (Wildman–Crippen LogP) is 4.03. The van der Waals surface area contributed by atoms with Crippen molar-refractivity contribution in [3.63, 3.8) is 0 Å². The highest BCUT2D eigenvalue weighted by Gasteiger charge is 2.10. The summed E-state index contributed by atoms with van der Waals surface area (Å²) in [5.74, 6) is -0.773. The van der Waals surface area contributed by atoms with Gasteiger partial charge in [0, 0.05) is 22.0 Å². The first kappa shape index (κ1) is 15.6. The Morgan fingerprint density at radius 1 is 1.00 bits per heavy atom. The standard InChI is InChI=1S/C16H13FINO2/c17-12-7-5-11(6-8-12)15(20)9-10-16(21)19-14-4-2-1-3-13(14)18/h1-8H,9-10H2,(H,19,21). The van der Waals surface area contributed by atoms with E-state index in [1.165, 1.54) is 24.3 Å². The van der Waals surface area contributed by atoms with E-state index in [-0.39, 0.29) is 30.3 Å². The first-order chi connectivity index (χ1) is 10.1. The third kappa shape index (κ3) is 4.63. The fourth-order valence-corrected chi connectivity index (χ4v) is 2.30. The Kier molecular flexibility index (Phi) is 5.44. The molecule has 0 atom stereocenters. The van der Waals surface area contributed by atoms with Gasteiger partial charge in [-0.25, -0.2) is 4.39 Å². The fraction of sp³-hybridized carbons (Fsp3) is 0.125. The van der Waals surface area contributed by atoms with Crippen LogP contribution in [0.1, 0.15) is 23.2 Å². The maximum atomic E-state index is 12.8. The molecule has 2 rings (SSSR count). The van der Waals surface area contributed by atoms with Crippen molar-refractivity contribution in [3.8, 4) is 0 Å². The van der Waals surface area contributed by atoms with Crippen LogP contribution in [0.25, 0.3) is 0 Å². The molecule has 0 aliphatic carbocycles. The van der Waals surface area contributed by atoms with Crippen LogP contribution in [0, 0.1) is 9.39 Å². The van der Waals surface area contributed by atoms with Gasteiger partial charge in [0.15, 0.2) is 5.78 Å². The van der Waals surface area contributed by atoms with E-state index in [0.717, 1.165) is 9.26 Å². The molecule has 108 valence electrons. The Bertz CT molecular complexity index is 656. The van der Waals surface area contributed by atoms with Crippen molar-refractivity contribution in [3.05, 3.63) is 63.5 Å². The molecule has 2 aromatic carbocycles. The number of nitrogens with one attached hydrogen (secondary N) is 1. The lowest BCUT2D eigenvalue weighted by Crippen LogP contribution is -2.14. The zero-order valence-electron chi connectivity index (χ0n) is 11.1. The highest BCUT2D eigenvalue weighted by molar-refractivity contribution is 14.1. The highest BCUT2D eigenvalue weighted by atomic mass is 127. The van der Waals surface area contributed by atoms with Crippen LogP contribution in [0.5, 0.6) is 0 Å². The number of carbonyl (C=O) groups is 2. The minimum Gasteiger partial charge on any atom is -0.325 e. The number of hydrogen-bond donors (Lipinski definition) is 1. The molecule has 0 spiro atoms. The van der Waals surface area contributed by atoms with Crippen LogP contribution in [0.15, 0.2) is 48.5 Å². The molecule has 0 unspecified atom stereocenters. The van der Waals surface area contributed by atoms with Gasteiger partial charge in [-0.05, 0) is 59.0 Å². The maximum Gasteiger partial charge on any atom is 0.224 e. The van der Waals surface area contributed by atoms with Crippen LogP contribution in [-0.2, 0) is 4.79 Å². The molecule has 0 saturated heterocycles. The van der Waals surface area contributed by atoms with E-state index in [1.807, 2.05) is 24.3 Å². The zero-order valence-corrected chi connectivity index (χ0v) is 13.3. The van der Waals surface area contributed by atoms with Crippen LogP contribution in [0.4, 0.5) is 10.1 Å². The molecule has 0 bridgehead atoms. The van der Waals surface area contributed by atoms with Crippen LogP contribution in [-0.4, -0.2) is 11.7 Å². The summed E-state index contributed by atoms with van der Waals surface area (Å²) in [5, 5.41) is 2.77. The van der Waals surface area contributed by atoms with Crippen LogP contribution >= 0.6 is 22.6 Å². The number of anilines is 1. The number of ketones is 1.